The van der Waals surface area contributed by atoms with Crippen LogP contribution in [0.2, 0.25) is 5.15 Å². The van der Waals surface area contributed by atoms with E-state index in [4.69, 9.17) is 16.3 Å². The van der Waals surface area contributed by atoms with Crippen LogP contribution in [0.15, 0.2) is 35.6 Å². The van der Waals surface area contributed by atoms with Crippen LogP contribution in [-0.2, 0) is 7.05 Å². The molecular formula is C20H20ClF3N6O2S. The van der Waals surface area contributed by atoms with Crippen molar-refractivity contribution >= 4 is 29.5 Å². The quantitative estimate of drug-likeness (QED) is 0.362. The minimum atomic E-state index is -4.21. The highest BCUT2D eigenvalue weighted by Gasteiger charge is 2.62. The van der Waals surface area contributed by atoms with Gasteiger partial charge in [0.25, 0.3) is 5.91 Å². The summed E-state index contributed by atoms with van der Waals surface area (Å²) in [6, 6.07) is 4.58. The standard InChI is InChI=1S/C20H20ClF3N6O2S/c1-12-11-29(2)27-18(12)33-28-17(31)13-3-4-14(25-16(13)21)30-9-5-15(26-30)32-10-8-19(6-7-19)20(22,23)24/h3-5,9,11H,6-8,10H2,1-2H3,(H,28,31). The maximum atomic E-state index is 13.0. The number of ether oxygens (including phenoxy) is 1. The minimum absolute atomic E-state index is 0.0258. The Morgan fingerprint density at radius 3 is 2.67 bits per heavy atom. The van der Waals surface area contributed by atoms with E-state index in [1.807, 2.05) is 13.1 Å². The van der Waals surface area contributed by atoms with Gasteiger partial charge in [-0.3, -0.25) is 14.2 Å². The molecule has 3 heterocycles. The number of carbonyl (C=O) groups is 1. The van der Waals surface area contributed by atoms with Gasteiger partial charge >= 0.3 is 6.18 Å². The summed E-state index contributed by atoms with van der Waals surface area (Å²) in [6.07, 6.45) is -0.663. The Morgan fingerprint density at radius 2 is 2.06 bits per heavy atom. The Hall–Kier alpha value is -2.73. The van der Waals surface area contributed by atoms with E-state index in [0.29, 0.717) is 10.8 Å². The highest BCUT2D eigenvalue weighted by molar-refractivity contribution is 7.98. The Balaban J connectivity index is 1.35. The lowest BCUT2D eigenvalue weighted by Crippen LogP contribution is -2.26. The Morgan fingerprint density at radius 1 is 1.30 bits per heavy atom. The normalized spacial score (nSPS) is 14.8. The van der Waals surface area contributed by atoms with E-state index in [-0.39, 0.29) is 42.5 Å². The predicted molar refractivity (Wildman–Crippen MR) is 115 cm³/mol. The van der Waals surface area contributed by atoms with Gasteiger partial charge in [-0.25, -0.2) is 9.67 Å². The van der Waals surface area contributed by atoms with Crippen LogP contribution in [-0.4, -0.2) is 43.2 Å². The fourth-order valence-corrected chi connectivity index (χ4v) is 4.17. The van der Waals surface area contributed by atoms with Gasteiger partial charge in [-0.1, -0.05) is 11.6 Å². The molecular weight excluding hydrogens is 481 g/mol. The number of hydrogen-bond donors (Lipinski definition) is 1. The topological polar surface area (TPSA) is 86.9 Å². The summed E-state index contributed by atoms with van der Waals surface area (Å²) in [5.41, 5.74) is -0.522. The molecule has 0 bridgehead atoms. The molecule has 0 aromatic carbocycles. The Bertz CT molecular complexity index is 1180. The molecule has 1 aliphatic carbocycles. The predicted octanol–water partition coefficient (Wildman–Crippen LogP) is 4.51. The summed E-state index contributed by atoms with van der Waals surface area (Å²) in [4.78, 5) is 16.7. The smallest absolute Gasteiger partial charge is 0.394 e. The molecule has 8 nitrogen and oxygen atoms in total. The van der Waals surface area contributed by atoms with E-state index >= 15 is 0 Å². The number of alkyl halides is 3. The van der Waals surface area contributed by atoms with Gasteiger partial charge in [0.15, 0.2) is 5.82 Å². The molecule has 4 rings (SSSR count). The zero-order valence-electron chi connectivity index (χ0n) is 17.7. The third-order valence-electron chi connectivity index (χ3n) is 5.37. The van der Waals surface area contributed by atoms with Crippen molar-refractivity contribution in [1.82, 2.24) is 29.3 Å². The van der Waals surface area contributed by atoms with Crippen molar-refractivity contribution in [1.29, 1.82) is 0 Å². The average Bonchev–Trinajstić information content (AvgIpc) is 3.28. The van der Waals surface area contributed by atoms with Gasteiger partial charge in [-0.2, -0.15) is 18.3 Å². The minimum Gasteiger partial charge on any atom is -0.477 e. The van der Waals surface area contributed by atoms with E-state index in [2.05, 4.69) is 19.9 Å². The first-order chi connectivity index (χ1) is 15.6. The number of amides is 1. The van der Waals surface area contributed by atoms with Gasteiger partial charge < -0.3 is 4.74 Å². The van der Waals surface area contributed by atoms with Crippen LogP contribution in [0.25, 0.3) is 5.82 Å². The van der Waals surface area contributed by atoms with Gasteiger partial charge in [0.1, 0.15) is 10.2 Å². The van der Waals surface area contributed by atoms with Gasteiger partial charge in [0, 0.05) is 43.0 Å². The largest absolute Gasteiger partial charge is 0.477 e. The monoisotopic (exact) mass is 500 g/mol. The van der Waals surface area contributed by atoms with Gasteiger partial charge in [-0.15, -0.1) is 5.10 Å². The Kier molecular flexibility index (Phi) is 6.32. The van der Waals surface area contributed by atoms with Crippen molar-refractivity contribution in [3.63, 3.8) is 0 Å². The van der Waals surface area contributed by atoms with Crippen molar-refractivity contribution in [3.05, 3.63) is 46.9 Å². The van der Waals surface area contributed by atoms with Gasteiger partial charge in [0.2, 0.25) is 5.88 Å². The third kappa shape index (κ3) is 5.11. The van der Waals surface area contributed by atoms with E-state index in [0.717, 1.165) is 17.5 Å². The third-order valence-corrected chi connectivity index (χ3v) is 6.54. The molecule has 3 aromatic rings. The molecule has 1 aliphatic rings. The second-order valence-electron chi connectivity index (χ2n) is 7.81. The van der Waals surface area contributed by atoms with Crippen molar-refractivity contribution in [3.8, 4) is 11.7 Å². The number of nitrogens with one attached hydrogen (secondary N) is 1. The van der Waals surface area contributed by atoms with Crippen molar-refractivity contribution in [2.75, 3.05) is 6.61 Å². The molecule has 0 aliphatic heterocycles. The summed E-state index contributed by atoms with van der Waals surface area (Å²) >= 11 is 7.28. The second kappa shape index (κ2) is 8.90. The molecule has 3 aromatic heterocycles. The van der Waals surface area contributed by atoms with E-state index in [1.54, 1.807) is 24.0 Å². The molecule has 1 amide bonds. The van der Waals surface area contributed by atoms with Crippen LogP contribution in [0.4, 0.5) is 13.2 Å². The van der Waals surface area contributed by atoms with Crippen LogP contribution in [0.1, 0.15) is 35.2 Å². The Labute approximate surface area is 196 Å². The first-order valence-corrected chi connectivity index (χ1v) is 11.2. The molecule has 0 unspecified atom stereocenters. The number of pyridine rings is 1. The molecule has 0 radical (unpaired) electrons. The summed E-state index contributed by atoms with van der Waals surface area (Å²) in [6.45, 7) is 1.80. The summed E-state index contributed by atoms with van der Waals surface area (Å²) in [7, 11) is 1.79. The molecule has 1 N–H and O–H groups in total. The summed E-state index contributed by atoms with van der Waals surface area (Å²) in [5, 5.41) is 9.04. The van der Waals surface area contributed by atoms with Crippen molar-refractivity contribution < 1.29 is 22.7 Å². The first kappa shape index (κ1) is 23.4. The van der Waals surface area contributed by atoms with Crippen molar-refractivity contribution in [2.24, 2.45) is 12.5 Å². The number of halogens is 4. The molecule has 0 spiro atoms. The number of rotatable bonds is 8. The molecule has 1 saturated carbocycles. The fourth-order valence-electron chi connectivity index (χ4n) is 3.25. The summed E-state index contributed by atoms with van der Waals surface area (Å²) in [5.74, 6) is 0.0701. The van der Waals surface area contributed by atoms with E-state index in [9.17, 15) is 18.0 Å². The van der Waals surface area contributed by atoms with Crippen LogP contribution in [0.3, 0.4) is 0 Å². The van der Waals surface area contributed by atoms with Crippen LogP contribution < -0.4 is 9.46 Å². The molecule has 0 saturated heterocycles. The molecule has 176 valence electrons. The fraction of sp³-hybridized carbons (Fsp3) is 0.400. The zero-order valence-corrected chi connectivity index (χ0v) is 19.3. The molecule has 0 atom stereocenters. The number of aryl methyl sites for hydroxylation is 2. The lowest BCUT2D eigenvalue weighted by molar-refractivity contribution is -0.190. The number of nitrogens with zero attached hydrogens (tertiary/aromatic N) is 5. The van der Waals surface area contributed by atoms with Gasteiger partial charge in [0.05, 0.1) is 17.6 Å². The highest BCUT2D eigenvalue weighted by atomic mass is 35.5. The van der Waals surface area contributed by atoms with Crippen LogP contribution >= 0.6 is 23.5 Å². The SMILES string of the molecule is Cc1cn(C)nc1SNC(=O)c1ccc(-n2ccc(OCCC3(C(F)(F)F)CC3)n2)nc1Cl. The number of aromatic nitrogens is 5. The average molecular weight is 501 g/mol. The van der Waals surface area contributed by atoms with E-state index < -0.39 is 17.5 Å². The van der Waals surface area contributed by atoms with E-state index in [1.165, 1.54) is 16.8 Å². The maximum Gasteiger partial charge on any atom is 0.394 e. The van der Waals surface area contributed by atoms with Crippen molar-refractivity contribution in [2.45, 2.75) is 37.4 Å². The molecule has 1 fully saturated rings. The number of hydrogen-bond acceptors (Lipinski definition) is 6. The molecule has 33 heavy (non-hydrogen) atoms. The number of carbonyl (C=O) groups excluding carboxylic acids is 1. The lowest BCUT2D eigenvalue weighted by Gasteiger charge is -2.18. The van der Waals surface area contributed by atoms with Crippen LogP contribution in [0.5, 0.6) is 5.88 Å². The zero-order chi connectivity index (χ0) is 23.8. The summed E-state index contributed by atoms with van der Waals surface area (Å²) < 4.78 is 50.1. The second-order valence-corrected chi connectivity index (χ2v) is 8.96. The highest BCUT2D eigenvalue weighted by Crippen LogP contribution is 2.59. The van der Waals surface area contributed by atoms with Crippen LogP contribution in [0, 0.1) is 12.3 Å². The first-order valence-electron chi connectivity index (χ1n) is 9.97. The molecule has 13 heteroatoms. The lowest BCUT2D eigenvalue weighted by atomic mass is 10.0. The maximum absolute atomic E-state index is 13.0. The van der Waals surface area contributed by atoms with Gasteiger partial charge in [-0.05, 0) is 38.3 Å².